The van der Waals surface area contributed by atoms with Crippen LogP contribution in [0, 0.1) is 12.8 Å². The topological polar surface area (TPSA) is 97.1 Å². The van der Waals surface area contributed by atoms with E-state index in [4.69, 9.17) is 5.73 Å². The Morgan fingerprint density at radius 2 is 2.11 bits per heavy atom. The first-order valence-corrected chi connectivity index (χ1v) is 6.93. The molecule has 0 aliphatic heterocycles. The van der Waals surface area contributed by atoms with Gasteiger partial charge in [0.05, 0.1) is 24.1 Å². The highest BCUT2D eigenvalue weighted by molar-refractivity contribution is 7.11. The van der Waals surface area contributed by atoms with E-state index in [2.05, 4.69) is 15.6 Å². The number of rotatable bonds is 6. The van der Waals surface area contributed by atoms with Crippen LogP contribution in [0.3, 0.4) is 0 Å². The van der Waals surface area contributed by atoms with E-state index in [0.717, 1.165) is 9.88 Å². The largest absolute Gasteiger partial charge is 0.350 e. The number of nitrogens with zero attached hydrogens (tertiary/aromatic N) is 1. The number of thiazole rings is 1. The summed E-state index contributed by atoms with van der Waals surface area (Å²) in [5, 5.41) is 6.19. The zero-order chi connectivity index (χ0) is 14.4. The Bertz CT molecular complexity index is 445. The van der Waals surface area contributed by atoms with Gasteiger partial charge in [-0.3, -0.25) is 9.59 Å². The first-order valence-electron chi connectivity index (χ1n) is 6.11. The molecule has 0 saturated heterocycles. The van der Waals surface area contributed by atoms with E-state index in [0.29, 0.717) is 6.54 Å². The lowest BCUT2D eigenvalue weighted by molar-refractivity contribution is -0.127. The van der Waals surface area contributed by atoms with E-state index in [1.54, 1.807) is 6.20 Å². The first kappa shape index (κ1) is 15.6. The van der Waals surface area contributed by atoms with Crippen molar-refractivity contribution in [1.82, 2.24) is 15.6 Å². The van der Waals surface area contributed by atoms with Gasteiger partial charge in [0.15, 0.2) is 0 Å². The van der Waals surface area contributed by atoms with Gasteiger partial charge in [0.25, 0.3) is 0 Å². The van der Waals surface area contributed by atoms with Gasteiger partial charge in [-0.15, -0.1) is 11.3 Å². The van der Waals surface area contributed by atoms with Crippen molar-refractivity contribution in [2.45, 2.75) is 33.4 Å². The van der Waals surface area contributed by atoms with Gasteiger partial charge in [0, 0.05) is 11.1 Å². The van der Waals surface area contributed by atoms with Crippen molar-refractivity contribution < 1.29 is 9.59 Å². The second kappa shape index (κ2) is 7.20. The molecular weight excluding hydrogens is 264 g/mol. The molecular formula is C12H20N4O2S. The van der Waals surface area contributed by atoms with Gasteiger partial charge in [-0.2, -0.15) is 0 Å². The van der Waals surface area contributed by atoms with Crippen LogP contribution in [0.25, 0.3) is 0 Å². The lowest BCUT2D eigenvalue weighted by Crippen LogP contribution is -2.47. The van der Waals surface area contributed by atoms with Crippen molar-refractivity contribution in [2.24, 2.45) is 11.7 Å². The van der Waals surface area contributed by atoms with Crippen LogP contribution in [0.2, 0.25) is 0 Å². The molecule has 0 spiro atoms. The smallest absolute Gasteiger partial charge is 0.239 e. The van der Waals surface area contributed by atoms with Gasteiger partial charge < -0.3 is 16.4 Å². The second-order valence-corrected chi connectivity index (χ2v) is 5.93. The lowest BCUT2D eigenvalue weighted by atomic mass is 10.1. The van der Waals surface area contributed by atoms with Crippen LogP contribution in [-0.4, -0.2) is 29.4 Å². The van der Waals surface area contributed by atoms with Crippen LogP contribution in [0.1, 0.15) is 23.7 Å². The number of carbonyl (C=O) groups is 2. The maximum Gasteiger partial charge on any atom is 0.239 e. The average molecular weight is 284 g/mol. The minimum Gasteiger partial charge on any atom is -0.350 e. The summed E-state index contributed by atoms with van der Waals surface area (Å²) in [4.78, 5) is 28.2. The van der Waals surface area contributed by atoms with E-state index in [1.165, 1.54) is 11.3 Å². The van der Waals surface area contributed by atoms with Crippen LogP contribution in [-0.2, 0) is 16.1 Å². The Morgan fingerprint density at radius 3 is 2.63 bits per heavy atom. The minimum absolute atomic E-state index is 0.0447. The second-order valence-electron chi connectivity index (χ2n) is 4.61. The molecule has 1 heterocycles. The highest BCUT2D eigenvalue weighted by atomic mass is 32.1. The number of carbonyl (C=O) groups excluding carboxylic acids is 2. The number of aromatic nitrogens is 1. The summed E-state index contributed by atoms with van der Waals surface area (Å²) in [5.41, 5.74) is 5.66. The zero-order valence-corrected chi connectivity index (χ0v) is 12.2. The van der Waals surface area contributed by atoms with Crippen molar-refractivity contribution >= 4 is 23.2 Å². The number of hydrogen-bond acceptors (Lipinski definition) is 5. The summed E-state index contributed by atoms with van der Waals surface area (Å²) < 4.78 is 0. The van der Waals surface area contributed by atoms with E-state index in [-0.39, 0.29) is 24.3 Å². The van der Waals surface area contributed by atoms with Gasteiger partial charge in [-0.05, 0) is 12.8 Å². The van der Waals surface area contributed by atoms with E-state index < -0.39 is 6.04 Å². The fourth-order valence-electron chi connectivity index (χ4n) is 1.32. The highest BCUT2D eigenvalue weighted by Gasteiger charge is 2.17. The fourth-order valence-corrected chi connectivity index (χ4v) is 2.06. The van der Waals surface area contributed by atoms with Crippen LogP contribution in [0.5, 0.6) is 0 Å². The average Bonchev–Trinajstić information content (AvgIpc) is 2.78. The van der Waals surface area contributed by atoms with Gasteiger partial charge in [-0.1, -0.05) is 13.8 Å². The molecule has 4 N–H and O–H groups in total. The molecule has 0 saturated carbocycles. The highest BCUT2D eigenvalue weighted by Crippen LogP contribution is 2.10. The lowest BCUT2D eigenvalue weighted by Gasteiger charge is -2.14. The maximum atomic E-state index is 11.5. The summed E-state index contributed by atoms with van der Waals surface area (Å²) in [6, 6.07) is -0.586. The molecule has 0 aromatic carbocycles. The van der Waals surface area contributed by atoms with Crippen LogP contribution >= 0.6 is 11.3 Å². The SMILES string of the molecule is Cc1ncc(CNC(=O)CNC(=O)[C@@H](N)C(C)C)s1. The molecule has 1 rings (SSSR count). The molecule has 0 bridgehead atoms. The first-order chi connectivity index (χ1) is 8.90. The molecule has 2 amide bonds. The van der Waals surface area contributed by atoms with Crippen molar-refractivity contribution in [3.05, 3.63) is 16.1 Å². The normalized spacial score (nSPS) is 12.3. The molecule has 1 atom stereocenters. The molecule has 0 radical (unpaired) electrons. The number of amides is 2. The Labute approximate surface area is 116 Å². The molecule has 19 heavy (non-hydrogen) atoms. The quantitative estimate of drug-likeness (QED) is 0.693. The Balaban J connectivity index is 2.26. The minimum atomic E-state index is -0.586. The third-order valence-electron chi connectivity index (χ3n) is 2.57. The van der Waals surface area contributed by atoms with Crippen LogP contribution in [0.4, 0.5) is 0 Å². The molecule has 0 aliphatic carbocycles. The Morgan fingerprint density at radius 1 is 1.42 bits per heavy atom. The molecule has 0 aliphatic rings. The third-order valence-corrected chi connectivity index (χ3v) is 3.49. The van der Waals surface area contributed by atoms with Gasteiger partial charge in [0.1, 0.15) is 0 Å². The van der Waals surface area contributed by atoms with Gasteiger partial charge >= 0.3 is 0 Å². The fraction of sp³-hybridized carbons (Fsp3) is 0.583. The Hall–Kier alpha value is -1.47. The molecule has 7 heteroatoms. The van der Waals surface area contributed by atoms with E-state index in [1.807, 2.05) is 20.8 Å². The standard InChI is InChI=1S/C12H20N4O2S/c1-7(2)11(13)12(18)16-6-10(17)15-5-9-4-14-8(3)19-9/h4,7,11H,5-6,13H2,1-3H3,(H,15,17)(H,16,18)/t11-/m0/s1. The van der Waals surface area contributed by atoms with Gasteiger partial charge in [0.2, 0.25) is 11.8 Å². The Kier molecular flexibility index (Phi) is 5.91. The summed E-state index contributed by atoms with van der Waals surface area (Å²) >= 11 is 1.53. The number of hydrogen-bond donors (Lipinski definition) is 3. The van der Waals surface area contributed by atoms with E-state index in [9.17, 15) is 9.59 Å². The zero-order valence-electron chi connectivity index (χ0n) is 11.4. The molecule has 106 valence electrons. The van der Waals surface area contributed by atoms with Gasteiger partial charge in [-0.25, -0.2) is 4.98 Å². The summed E-state index contributed by atoms with van der Waals surface area (Å²) in [6.07, 6.45) is 1.73. The molecule has 0 fully saturated rings. The molecule has 1 aromatic rings. The maximum absolute atomic E-state index is 11.5. The number of nitrogens with two attached hydrogens (primary N) is 1. The predicted molar refractivity (Wildman–Crippen MR) is 74.5 cm³/mol. The summed E-state index contributed by atoms with van der Waals surface area (Å²) in [6.45, 7) is 5.99. The summed E-state index contributed by atoms with van der Waals surface area (Å²) in [7, 11) is 0. The van der Waals surface area contributed by atoms with Crippen LogP contribution < -0.4 is 16.4 Å². The predicted octanol–water partition coefficient (Wildman–Crippen LogP) is 0.167. The molecule has 6 nitrogen and oxygen atoms in total. The molecule has 1 aromatic heterocycles. The van der Waals surface area contributed by atoms with Crippen molar-refractivity contribution in [3.63, 3.8) is 0 Å². The van der Waals surface area contributed by atoms with Crippen molar-refractivity contribution in [2.75, 3.05) is 6.54 Å². The number of aryl methyl sites for hydroxylation is 1. The van der Waals surface area contributed by atoms with E-state index >= 15 is 0 Å². The number of nitrogens with one attached hydrogen (secondary N) is 2. The van der Waals surface area contributed by atoms with Crippen LogP contribution in [0.15, 0.2) is 6.20 Å². The third kappa shape index (κ3) is 5.35. The molecule has 0 unspecified atom stereocenters. The van der Waals surface area contributed by atoms with Crippen molar-refractivity contribution in [1.29, 1.82) is 0 Å². The van der Waals surface area contributed by atoms with Crippen molar-refractivity contribution in [3.8, 4) is 0 Å². The summed E-state index contributed by atoms with van der Waals surface area (Å²) in [5.74, 6) is -0.502. The monoisotopic (exact) mass is 284 g/mol.